The van der Waals surface area contributed by atoms with E-state index in [-0.39, 0.29) is 51.5 Å². The lowest BCUT2D eigenvalue weighted by atomic mass is 9.86. The van der Waals surface area contributed by atoms with E-state index in [9.17, 15) is 22.8 Å². The first-order valence-electron chi connectivity index (χ1n) is 16.1. The molecule has 0 radical (unpaired) electrons. The van der Waals surface area contributed by atoms with E-state index in [2.05, 4.69) is 40.5 Å². The summed E-state index contributed by atoms with van der Waals surface area (Å²) in [5, 5.41) is 5.31. The molecule has 48 heavy (non-hydrogen) atoms. The first kappa shape index (κ1) is 33.3. The third-order valence-electron chi connectivity index (χ3n) is 9.23. The van der Waals surface area contributed by atoms with Crippen molar-refractivity contribution in [1.29, 1.82) is 0 Å². The molecule has 0 saturated heterocycles. The summed E-state index contributed by atoms with van der Waals surface area (Å²) in [6, 6.07) is 6.18. The number of carbonyl (C=O) groups is 2. The van der Waals surface area contributed by atoms with Gasteiger partial charge in [0.15, 0.2) is 5.65 Å². The zero-order valence-corrected chi connectivity index (χ0v) is 27.2. The number of methoxy groups -OCH3 is 1. The van der Waals surface area contributed by atoms with Crippen molar-refractivity contribution < 1.29 is 27.5 Å². The van der Waals surface area contributed by atoms with Crippen molar-refractivity contribution in [3.05, 3.63) is 59.2 Å². The SMILES string of the molecule is CNC(=O)CCc1ccc(C(=O)Nc2nc3nc(-c4cnc(C5CC5)c(C(F)(F)F)c4)cc(N(C)CC4(COC)CCCC4)c3[nH]2)nc1. The molecule has 4 heterocycles. The molecule has 2 saturated carbocycles. The molecular weight excluding hydrogens is 625 g/mol. The summed E-state index contributed by atoms with van der Waals surface area (Å²) in [5.41, 5.74) is 2.15. The summed E-state index contributed by atoms with van der Waals surface area (Å²) in [7, 11) is 5.19. The zero-order valence-electron chi connectivity index (χ0n) is 27.2. The van der Waals surface area contributed by atoms with E-state index in [1.54, 1.807) is 38.6 Å². The van der Waals surface area contributed by atoms with Crippen LogP contribution in [0.4, 0.5) is 24.8 Å². The van der Waals surface area contributed by atoms with Gasteiger partial charge < -0.3 is 19.9 Å². The molecule has 2 fully saturated rings. The lowest BCUT2D eigenvalue weighted by molar-refractivity contribution is -0.138. The Morgan fingerprint density at radius 1 is 1.10 bits per heavy atom. The number of nitrogens with zero attached hydrogens (tertiary/aromatic N) is 5. The van der Waals surface area contributed by atoms with Crippen LogP contribution in [-0.2, 0) is 22.1 Å². The van der Waals surface area contributed by atoms with Crippen LogP contribution in [0.5, 0.6) is 0 Å². The maximum absolute atomic E-state index is 14.1. The lowest BCUT2D eigenvalue weighted by Crippen LogP contribution is -2.37. The van der Waals surface area contributed by atoms with Gasteiger partial charge >= 0.3 is 6.18 Å². The fraction of sp³-hybridized carbons (Fsp3) is 0.471. The largest absolute Gasteiger partial charge is 0.418 e. The Kier molecular flexibility index (Phi) is 9.37. The van der Waals surface area contributed by atoms with Gasteiger partial charge in [-0.15, -0.1) is 0 Å². The fourth-order valence-corrected chi connectivity index (χ4v) is 6.63. The van der Waals surface area contributed by atoms with Crippen LogP contribution in [0.1, 0.15) is 78.2 Å². The highest BCUT2D eigenvalue weighted by molar-refractivity contribution is 6.03. The Hall–Kier alpha value is -4.59. The number of H-pyrrole nitrogens is 1. The number of pyridine rings is 3. The van der Waals surface area contributed by atoms with Gasteiger partial charge in [0.2, 0.25) is 11.9 Å². The van der Waals surface area contributed by atoms with Crippen molar-refractivity contribution in [3.63, 3.8) is 0 Å². The maximum atomic E-state index is 14.1. The summed E-state index contributed by atoms with van der Waals surface area (Å²) in [5.74, 6) is -0.665. The average Bonchev–Trinajstić information content (AvgIpc) is 3.69. The highest BCUT2D eigenvalue weighted by Crippen LogP contribution is 2.46. The number of imidazole rings is 1. The van der Waals surface area contributed by atoms with E-state index >= 15 is 0 Å². The molecule has 0 atom stereocenters. The number of ether oxygens (including phenoxy) is 1. The van der Waals surface area contributed by atoms with Gasteiger partial charge in [-0.3, -0.25) is 24.9 Å². The maximum Gasteiger partial charge on any atom is 0.418 e. The van der Waals surface area contributed by atoms with E-state index in [0.29, 0.717) is 50.0 Å². The summed E-state index contributed by atoms with van der Waals surface area (Å²) >= 11 is 0. The van der Waals surface area contributed by atoms with Crippen LogP contribution in [-0.4, -0.2) is 71.1 Å². The molecule has 0 unspecified atom stereocenters. The number of hydrogen-bond acceptors (Lipinski definition) is 8. The van der Waals surface area contributed by atoms with E-state index < -0.39 is 17.6 Å². The van der Waals surface area contributed by atoms with Gasteiger partial charge in [0.05, 0.1) is 29.2 Å². The molecule has 2 aliphatic carbocycles. The minimum atomic E-state index is -4.56. The van der Waals surface area contributed by atoms with Crippen LogP contribution >= 0.6 is 0 Å². The Balaban J connectivity index is 1.34. The fourth-order valence-electron chi connectivity index (χ4n) is 6.63. The Morgan fingerprint density at radius 2 is 1.88 bits per heavy atom. The van der Waals surface area contributed by atoms with Gasteiger partial charge in [-0.2, -0.15) is 18.2 Å². The molecule has 6 rings (SSSR count). The predicted octanol–water partition coefficient (Wildman–Crippen LogP) is 5.89. The average molecular weight is 665 g/mol. The van der Waals surface area contributed by atoms with Gasteiger partial charge in [0.1, 0.15) is 11.2 Å². The van der Waals surface area contributed by atoms with Crippen LogP contribution in [0.15, 0.2) is 36.7 Å². The van der Waals surface area contributed by atoms with E-state index in [0.717, 1.165) is 37.3 Å². The van der Waals surface area contributed by atoms with Crippen LogP contribution in [0.3, 0.4) is 0 Å². The van der Waals surface area contributed by atoms with Crippen LogP contribution < -0.4 is 15.5 Å². The molecule has 2 amide bonds. The van der Waals surface area contributed by atoms with Gasteiger partial charge in [-0.25, -0.2) is 4.98 Å². The number of carbonyl (C=O) groups excluding carboxylic acids is 2. The van der Waals surface area contributed by atoms with Gasteiger partial charge in [-0.05, 0) is 55.9 Å². The predicted molar refractivity (Wildman–Crippen MR) is 175 cm³/mol. The topological polar surface area (TPSA) is 138 Å². The van der Waals surface area contributed by atoms with Crippen molar-refractivity contribution in [1.82, 2.24) is 30.2 Å². The highest BCUT2D eigenvalue weighted by Gasteiger charge is 2.40. The number of halogens is 3. The Bertz CT molecular complexity index is 1800. The molecule has 14 heteroatoms. The molecule has 4 aromatic rings. The Morgan fingerprint density at radius 3 is 2.52 bits per heavy atom. The summed E-state index contributed by atoms with van der Waals surface area (Å²) in [4.78, 5) is 47.6. The molecule has 4 aromatic heterocycles. The van der Waals surface area contributed by atoms with Crippen molar-refractivity contribution in [3.8, 4) is 11.3 Å². The van der Waals surface area contributed by atoms with E-state index in [4.69, 9.17) is 4.74 Å². The second kappa shape index (κ2) is 13.5. The van der Waals surface area contributed by atoms with Crippen LogP contribution in [0.25, 0.3) is 22.4 Å². The molecule has 254 valence electrons. The molecule has 0 bridgehead atoms. The molecule has 2 aliphatic rings. The second-order valence-electron chi connectivity index (χ2n) is 12.9. The van der Waals surface area contributed by atoms with Crippen molar-refractivity contribution in [2.45, 2.75) is 63.5 Å². The number of amides is 2. The zero-order chi connectivity index (χ0) is 34.1. The number of hydrogen-bond donors (Lipinski definition) is 3. The first-order valence-corrected chi connectivity index (χ1v) is 16.1. The number of aromatic amines is 1. The molecule has 0 aliphatic heterocycles. The first-order chi connectivity index (χ1) is 23.0. The standard InChI is InChI=1S/C34H39F3N8O3/c1-38-27(46)11-7-20-6-10-24(39-16-20)31(47)44-32-42-29-26(45(2)18-33(19-48-3)12-4-5-13-33)15-25(41-30(29)43-32)22-14-23(34(35,36)37)28(40-17-22)21-8-9-21/h6,10,14-17,21H,4-5,7-9,11-13,18-19H2,1-3H3,(H,38,46)(H2,41,42,43,44,47). The number of aryl methyl sites for hydroxylation is 1. The molecule has 0 aromatic carbocycles. The minimum absolute atomic E-state index is 0.0743. The third kappa shape index (κ3) is 7.28. The number of rotatable bonds is 12. The number of anilines is 2. The summed E-state index contributed by atoms with van der Waals surface area (Å²) in [6.45, 7) is 1.23. The van der Waals surface area contributed by atoms with E-state index in [1.807, 2.05) is 7.05 Å². The third-order valence-corrected chi connectivity index (χ3v) is 9.23. The number of aromatic nitrogens is 5. The highest BCUT2D eigenvalue weighted by atomic mass is 19.4. The monoisotopic (exact) mass is 664 g/mol. The van der Waals surface area contributed by atoms with E-state index in [1.165, 1.54) is 6.20 Å². The number of fused-ring (bicyclic) bond motifs is 1. The van der Waals surface area contributed by atoms with Crippen molar-refractivity contribution in [2.75, 3.05) is 44.6 Å². The van der Waals surface area contributed by atoms with Crippen LogP contribution in [0.2, 0.25) is 0 Å². The van der Waals surface area contributed by atoms with Gasteiger partial charge in [0, 0.05) is 63.5 Å². The number of nitrogens with one attached hydrogen (secondary N) is 3. The molecule has 3 N–H and O–H groups in total. The van der Waals surface area contributed by atoms with Crippen molar-refractivity contribution in [2.24, 2.45) is 5.41 Å². The summed E-state index contributed by atoms with van der Waals surface area (Å²) in [6.07, 6.45) is 4.79. The summed E-state index contributed by atoms with van der Waals surface area (Å²) < 4.78 is 48.1. The minimum Gasteiger partial charge on any atom is -0.384 e. The van der Waals surface area contributed by atoms with Crippen LogP contribution in [0, 0.1) is 5.41 Å². The number of alkyl halides is 3. The quantitative estimate of drug-likeness (QED) is 0.171. The second-order valence-corrected chi connectivity index (χ2v) is 12.9. The normalized spacial score (nSPS) is 15.9. The smallest absolute Gasteiger partial charge is 0.384 e. The molecular formula is C34H39F3N8O3. The Labute approximate surface area is 276 Å². The van der Waals surface area contributed by atoms with Crippen molar-refractivity contribution >= 4 is 34.6 Å². The van der Waals surface area contributed by atoms with Gasteiger partial charge in [0.25, 0.3) is 5.91 Å². The van der Waals surface area contributed by atoms with Gasteiger partial charge in [-0.1, -0.05) is 18.9 Å². The molecule has 0 spiro atoms. The lowest BCUT2D eigenvalue weighted by Gasteiger charge is -2.34. The molecule has 11 nitrogen and oxygen atoms in total.